The summed E-state index contributed by atoms with van der Waals surface area (Å²) in [6.45, 7) is 0. The average molecular weight is 315 g/mol. The Balaban J connectivity index is 2.41. The van der Waals surface area contributed by atoms with E-state index in [1.807, 2.05) is 0 Å². The molecule has 0 unspecified atom stereocenters. The molecule has 2 rings (SSSR count). The fraction of sp³-hybridized carbons (Fsp3) is 0.500. The van der Waals surface area contributed by atoms with Gasteiger partial charge in [0, 0.05) is 19.2 Å². The van der Waals surface area contributed by atoms with Crippen LogP contribution in [0.4, 0.5) is 11.4 Å². The minimum Gasteiger partial charge on any atom is -0.393 e. The third-order valence-corrected chi connectivity index (χ3v) is 4.69. The SMILES string of the molecule is CN(c1ccc(S(N)(=O)=O)cc1[N+](=O)[O-])[C@@H]1CC[C@H](O)C1. The molecule has 0 radical (unpaired) electrons. The van der Waals surface area contributed by atoms with Crippen molar-refractivity contribution in [3.8, 4) is 0 Å². The van der Waals surface area contributed by atoms with Crippen molar-refractivity contribution < 1.29 is 18.4 Å². The first-order valence-electron chi connectivity index (χ1n) is 6.42. The monoisotopic (exact) mass is 315 g/mol. The van der Waals surface area contributed by atoms with E-state index in [9.17, 15) is 23.6 Å². The van der Waals surface area contributed by atoms with E-state index >= 15 is 0 Å². The topological polar surface area (TPSA) is 127 Å². The van der Waals surface area contributed by atoms with Gasteiger partial charge in [0.1, 0.15) is 5.69 Å². The molecule has 9 heteroatoms. The lowest BCUT2D eigenvalue weighted by Gasteiger charge is -2.26. The lowest BCUT2D eigenvalue weighted by molar-refractivity contribution is -0.384. The van der Waals surface area contributed by atoms with Crippen LogP contribution in [-0.4, -0.2) is 37.6 Å². The molecule has 3 N–H and O–H groups in total. The predicted molar refractivity (Wildman–Crippen MR) is 76.5 cm³/mol. The van der Waals surface area contributed by atoms with Gasteiger partial charge in [-0.05, 0) is 31.4 Å². The van der Waals surface area contributed by atoms with Crippen molar-refractivity contribution in [1.29, 1.82) is 0 Å². The van der Waals surface area contributed by atoms with Crippen LogP contribution in [0.2, 0.25) is 0 Å². The molecule has 1 fully saturated rings. The number of primary sulfonamides is 1. The van der Waals surface area contributed by atoms with Crippen molar-refractivity contribution in [3.05, 3.63) is 28.3 Å². The van der Waals surface area contributed by atoms with E-state index in [0.717, 1.165) is 12.5 Å². The van der Waals surface area contributed by atoms with Gasteiger partial charge in [0.05, 0.1) is 15.9 Å². The van der Waals surface area contributed by atoms with E-state index in [1.165, 1.54) is 12.1 Å². The van der Waals surface area contributed by atoms with E-state index < -0.39 is 21.1 Å². The second kappa shape index (κ2) is 5.58. The number of nitrogens with zero attached hydrogens (tertiary/aromatic N) is 2. The van der Waals surface area contributed by atoms with Crippen LogP contribution in [0.1, 0.15) is 19.3 Å². The summed E-state index contributed by atoms with van der Waals surface area (Å²) in [5, 5.41) is 25.7. The number of rotatable bonds is 4. The molecule has 0 amide bonds. The van der Waals surface area contributed by atoms with Gasteiger partial charge in [0.25, 0.3) is 5.69 Å². The van der Waals surface area contributed by atoms with Crippen molar-refractivity contribution in [2.75, 3.05) is 11.9 Å². The second-order valence-corrected chi connectivity index (χ2v) is 6.75. The number of anilines is 1. The fourth-order valence-electron chi connectivity index (χ4n) is 2.61. The molecule has 0 aromatic heterocycles. The van der Waals surface area contributed by atoms with Gasteiger partial charge >= 0.3 is 0 Å². The summed E-state index contributed by atoms with van der Waals surface area (Å²) < 4.78 is 22.6. The molecule has 2 atom stereocenters. The average Bonchev–Trinajstić information content (AvgIpc) is 2.82. The lowest BCUT2D eigenvalue weighted by Crippen LogP contribution is -2.30. The molecule has 1 aromatic rings. The third-order valence-electron chi connectivity index (χ3n) is 3.78. The van der Waals surface area contributed by atoms with Crippen LogP contribution in [0.3, 0.4) is 0 Å². The minimum atomic E-state index is -3.99. The number of nitro groups is 1. The smallest absolute Gasteiger partial charge is 0.293 e. The number of nitro benzene ring substituents is 1. The maximum Gasteiger partial charge on any atom is 0.293 e. The van der Waals surface area contributed by atoms with Gasteiger partial charge in [-0.25, -0.2) is 13.6 Å². The minimum absolute atomic E-state index is 0.0148. The number of hydrogen-bond acceptors (Lipinski definition) is 6. The molecule has 0 spiro atoms. The van der Waals surface area contributed by atoms with E-state index in [-0.39, 0.29) is 16.6 Å². The third kappa shape index (κ3) is 3.31. The number of benzene rings is 1. The van der Waals surface area contributed by atoms with E-state index in [0.29, 0.717) is 18.5 Å². The standard InChI is InChI=1S/C12H17N3O5S/c1-14(8-2-3-9(16)6-8)11-5-4-10(21(13,19)20)7-12(11)15(17)18/h4-5,7-9,16H,2-3,6H2,1H3,(H2,13,19,20)/t8-,9+/m1/s1. The quantitative estimate of drug-likeness (QED) is 0.618. The zero-order valence-corrected chi connectivity index (χ0v) is 12.3. The Morgan fingerprint density at radius 2 is 2.10 bits per heavy atom. The highest BCUT2D eigenvalue weighted by atomic mass is 32.2. The van der Waals surface area contributed by atoms with Gasteiger partial charge < -0.3 is 10.0 Å². The van der Waals surface area contributed by atoms with Crippen LogP contribution < -0.4 is 10.0 Å². The number of sulfonamides is 1. The van der Waals surface area contributed by atoms with Crippen molar-refractivity contribution >= 4 is 21.4 Å². The summed E-state index contributed by atoms with van der Waals surface area (Å²) in [5.74, 6) is 0. The van der Waals surface area contributed by atoms with Crippen molar-refractivity contribution in [3.63, 3.8) is 0 Å². The highest BCUT2D eigenvalue weighted by molar-refractivity contribution is 7.89. The molecule has 0 heterocycles. The van der Waals surface area contributed by atoms with Gasteiger partial charge in [0.15, 0.2) is 0 Å². The first kappa shape index (κ1) is 15.7. The van der Waals surface area contributed by atoms with Gasteiger partial charge in [0.2, 0.25) is 10.0 Å². The Hall–Kier alpha value is -1.71. The Kier molecular flexibility index (Phi) is 4.17. The lowest BCUT2D eigenvalue weighted by atomic mass is 10.1. The second-order valence-electron chi connectivity index (χ2n) is 5.18. The number of aliphatic hydroxyl groups is 1. The van der Waals surface area contributed by atoms with Crippen molar-refractivity contribution in [2.24, 2.45) is 5.14 Å². The summed E-state index contributed by atoms with van der Waals surface area (Å²) in [4.78, 5) is 12.0. The molecule has 0 aliphatic heterocycles. The molecule has 0 bridgehead atoms. The molecule has 1 saturated carbocycles. The Labute approximate surface area is 122 Å². The summed E-state index contributed by atoms with van der Waals surface area (Å²) in [6, 6.07) is 3.58. The van der Waals surface area contributed by atoms with E-state index in [1.54, 1.807) is 11.9 Å². The number of aliphatic hydroxyl groups excluding tert-OH is 1. The normalized spacial score (nSPS) is 22.2. The molecular formula is C12H17N3O5S. The van der Waals surface area contributed by atoms with Gasteiger partial charge in [-0.1, -0.05) is 0 Å². The van der Waals surface area contributed by atoms with Crippen LogP contribution in [0, 0.1) is 10.1 Å². The molecule has 116 valence electrons. The molecular weight excluding hydrogens is 298 g/mol. The summed E-state index contributed by atoms with van der Waals surface area (Å²) in [5.41, 5.74) is -0.00286. The summed E-state index contributed by atoms with van der Waals surface area (Å²) in [6.07, 6.45) is 1.51. The zero-order chi connectivity index (χ0) is 15.8. The molecule has 1 aromatic carbocycles. The molecule has 21 heavy (non-hydrogen) atoms. The maximum absolute atomic E-state index is 11.3. The Bertz CT molecular complexity index is 661. The maximum atomic E-state index is 11.3. The molecule has 1 aliphatic rings. The van der Waals surface area contributed by atoms with Crippen LogP contribution in [0.5, 0.6) is 0 Å². The molecule has 0 saturated heterocycles. The number of hydrogen-bond donors (Lipinski definition) is 2. The Morgan fingerprint density at radius 1 is 1.43 bits per heavy atom. The highest BCUT2D eigenvalue weighted by Gasteiger charge is 2.30. The van der Waals surface area contributed by atoms with Gasteiger partial charge in [-0.3, -0.25) is 10.1 Å². The highest BCUT2D eigenvalue weighted by Crippen LogP contribution is 2.34. The largest absolute Gasteiger partial charge is 0.393 e. The first-order valence-corrected chi connectivity index (χ1v) is 7.97. The fourth-order valence-corrected chi connectivity index (χ4v) is 3.14. The predicted octanol–water partition coefficient (Wildman–Crippen LogP) is 0.592. The van der Waals surface area contributed by atoms with Crippen molar-refractivity contribution in [2.45, 2.75) is 36.3 Å². The first-order chi connectivity index (χ1) is 9.70. The molecule has 1 aliphatic carbocycles. The van der Waals surface area contributed by atoms with Crippen LogP contribution in [-0.2, 0) is 10.0 Å². The van der Waals surface area contributed by atoms with Crippen LogP contribution >= 0.6 is 0 Å². The van der Waals surface area contributed by atoms with Crippen LogP contribution in [0.15, 0.2) is 23.1 Å². The zero-order valence-electron chi connectivity index (χ0n) is 11.5. The van der Waals surface area contributed by atoms with E-state index in [4.69, 9.17) is 5.14 Å². The Morgan fingerprint density at radius 3 is 2.57 bits per heavy atom. The van der Waals surface area contributed by atoms with E-state index in [2.05, 4.69) is 0 Å². The number of nitrogens with two attached hydrogens (primary N) is 1. The van der Waals surface area contributed by atoms with Crippen molar-refractivity contribution in [1.82, 2.24) is 0 Å². The van der Waals surface area contributed by atoms with Gasteiger partial charge in [-0.2, -0.15) is 0 Å². The van der Waals surface area contributed by atoms with Gasteiger partial charge in [-0.15, -0.1) is 0 Å². The van der Waals surface area contributed by atoms with Crippen LogP contribution in [0.25, 0.3) is 0 Å². The summed E-state index contributed by atoms with van der Waals surface area (Å²) in [7, 11) is -2.30. The summed E-state index contributed by atoms with van der Waals surface area (Å²) >= 11 is 0. The molecule has 8 nitrogen and oxygen atoms in total.